The zero-order chi connectivity index (χ0) is 10.1. The van der Waals surface area contributed by atoms with E-state index in [1.807, 2.05) is 0 Å². The van der Waals surface area contributed by atoms with E-state index in [2.05, 4.69) is 10.2 Å². The van der Waals surface area contributed by atoms with Crippen LogP contribution in [0, 0.1) is 10.1 Å². The van der Waals surface area contributed by atoms with Gasteiger partial charge < -0.3 is 0 Å². The second-order valence-electron chi connectivity index (χ2n) is 2.70. The molecule has 2 rings (SSSR count). The average Bonchev–Trinajstić information content (AvgIpc) is 2.17. The number of aromatic amines is 1. The molecule has 14 heavy (non-hydrogen) atoms. The number of fused-ring (bicyclic) bond motifs is 1. The summed E-state index contributed by atoms with van der Waals surface area (Å²) < 4.78 is 0. The van der Waals surface area contributed by atoms with Crippen LogP contribution in [0.25, 0.3) is 10.8 Å². The number of hydrogen-bond acceptors (Lipinski definition) is 4. The van der Waals surface area contributed by atoms with Crippen molar-refractivity contribution >= 4 is 16.5 Å². The molecule has 2 aromatic rings. The van der Waals surface area contributed by atoms with Crippen LogP contribution in [0.2, 0.25) is 0 Å². The van der Waals surface area contributed by atoms with Crippen LogP contribution in [-0.2, 0) is 0 Å². The van der Waals surface area contributed by atoms with Crippen LogP contribution >= 0.6 is 0 Å². The van der Waals surface area contributed by atoms with Gasteiger partial charge in [-0.1, -0.05) is 12.1 Å². The quantitative estimate of drug-likeness (QED) is 0.534. The highest BCUT2D eigenvalue weighted by atomic mass is 16.6. The number of nitrogens with zero attached hydrogens (tertiary/aromatic N) is 2. The molecule has 0 atom stereocenters. The summed E-state index contributed by atoms with van der Waals surface area (Å²) in [5.74, 6) is 0. The maximum atomic E-state index is 11.3. The van der Waals surface area contributed by atoms with Crippen molar-refractivity contribution in [2.24, 2.45) is 0 Å². The maximum absolute atomic E-state index is 11.3. The number of non-ortho nitro benzene ring substituents is 1. The lowest BCUT2D eigenvalue weighted by Crippen LogP contribution is -2.09. The van der Waals surface area contributed by atoms with E-state index in [1.54, 1.807) is 6.07 Å². The SMILES string of the molecule is O=c1[nH]ncc2cccc([N+](=O)[O-])c12. The minimum Gasteiger partial charge on any atom is -0.267 e. The molecule has 0 aliphatic rings. The predicted octanol–water partition coefficient (Wildman–Crippen LogP) is 0.831. The smallest absolute Gasteiger partial charge is 0.267 e. The van der Waals surface area contributed by atoms with Gasteiger partial charge in [-0.2, -0.15) is 5.10 Å². The number of H-pyrrole nitrogens is 1. The molecule has 1 N–H and O–H groups in total. The molecule has 0 aliphatic carbocycles. The van der Waals surface area contributed by atoms with E-state index < -0.39 is 10.5 Å². The van der Waals surface area contributed by atoms with E-state index in [0.29, 0.717) is 5.39 Å². The summed E-state index contributed by atoms with van der Waals surface area (Å²) in [4.78, 5) is 21.3. The Kier molecular flexibility index (Phi) is 1.74. The van der Waals surface area contributed by atoms with Gasteiger partial charge in [0, 0.05) is 11.5 Å². The monoisotopic (exact) mass is 191 g/mol. The molecule has 6 nitrogen and oxygen atoms in total. The minimum absolute atomic E-state index is 0.0625. The van der Waals surface area contributed by atoms with Gasteiger partial charge in [-0.3, -0.25) is 14.9 Å². The Morgan fingerprint density at radius 1 is 1.43 bits per heavy atom. The molecule has 1 aromatic carbocycles. The lowest BCUT2D eigenvalue weighted by atomic mass is 10.2. The summed E-state index contributed by atoms with van der Waals surface area (Å²) >= 11 is 0. The van der Waals surface area contributed by atoms with Crippen molar-refractivity contribution in [3.05, 3.63) is 44.9 Å². The van der Waals surface area contributed by atoms with Crippen LogP contribution in [0.3, 0.4) is 0 Å². The molecule has 1 heterocycles. The fraction of sp³-hybridized carbons (Fsp3) is 0. The minimum atomic E-state index is -0.586. The molecular formula is C8H5N3O3. The first-order valence-corrected chi connectivity index (χ1v) is 3.81. The van der Waals surface area contributed by atoms with Crippen molar-refractivity contribution in [1.82, 2.24) is 10.2 Å². The average molecular weight is 191 g/mol. The normalized spacial score (nSPS) is 10.3. The highest BCUT2D eigenvalue weighted by Gasteiger charge is 2.13. The Hall–Kier alpha value is -2.24. The van der Waals surface area contributed by atoms with Crippen LogP contribution in [0.4, 0.5) is 5.69 Å². The van der Waals surface area contributed by atoms with E-state index in [9.17, 15) is 14.9 Å². The summed E-state index contributed by atoms with van der Waals surface area (Å²) in [6.45, 7) is 0. The third-order valence-corrected chi connectivity index (χ3v) is 1.87. The topological polar surface area (TPSA) is 88.9 Å². The predicted molar refractivity (Wildman–Crippen MR) is 49.0 cm³/mol. The molecule has 0 bridgehead atoms. The standard InChI is InChI=1S/C8H5N3O3/c12-8-7-5(4-9-10-8)2-1-3-6(7)11(13)14/h1-4H,(H,10,12). The molecule has 0 unspecified atom stereocenters. The molecule has 6 heteroatoms. The highest BCUT2D eigenvalue weighted by Crippen LogP contribution is 2.20. The lowest BCUT2D eigenvalue weighted by Gasteiger charge is -1.96. The first kappa shape index (κ1) is 8.36. The maximum Gasteiger partial charge on any atom is 0.282 e. The zero-order valence-corrected chi connectivity index (χ0v) is 6.93. The van der Waals surface area contributed by atoms with Gasteiger partial charge in [0.05, 0.1) is 11.1 Å². The van der Waals surface area contributed by atoms with E-state index >= 15 is 0 Å². The molecular weight excluding hydrogens is 186 g/mol. The molecule has 0 radical (unpaired) electrons. The van der Waals surface area contributed by atoms with Crippen molar-refractivity contribution in [3.63, 3.8) is 0 Å². The number of nitrogens with one attached hydrogen (secondary N) is 1. The highest BCUT2D eigenvalue weighted by molar-refractivity contribution is 5.89. The fourth-order valence-corrected chi connectivity index (χ4v) is 1.28. The van der Waals surface area contributed by atoms with Crippen LogP contribution in [0.5, 0.6) is 0 Å². The summed E-state index contributed by atoms with van der Waals surface area (Å²) in [7, 11) is 0. The fourth-order valence-electron chi connectivity index (χ4n) is 1.28. The number of nitro groups is 1. The second kappa shape index (κ2) is 2.91. The number of nitro benzene ring substituents is 1. The lowest BCUT2D eigenvalue weighted by molar-refractivity contribution is -0.383. The molecule has 0 fully saturated rings. The van der Waals surface area contributed by atoms with E-state index in [-0.39, 0.29) is 11.1 Å². The van der Waals surface area contributed by atoms with E-state index in [4.69, 9.17) is 0 Å². The number of rotatable bonds is 1. The van der Waals surface area contributed by atoms with Crippen molar-refractivity contribution < 1.29 is 4.92 Å². The van der Waals surface area contributed by atoms with E-state index in [0.717, 1.165) is 0 Å². The van der Waals surface area contributed by atoms with Gasteiger partial charge in [0.15, 0.2) is 0 Å². The first-order chi connectivity index (χ1) is 6.70. The van der Waals surface area contributed by atoms with Gasteiger partial charge in [0.1, 0.15) is 5.39 Å². The Morgan fingerprint density at radius 2 is 2.21 bits per heavy atom. The third kappa shape index (κ3) is 1.13. The van der Waals surface area contributed by atoms with Crippen molar-refractivity contribution in [3.8, 4) is 0 Å². The van der Waals surface area contributed by atoms with Crippen molar-refractivity contribution in [2.75, 3.05) is 0 Å². The molecule has 0 saturated carbocycles. The van der Waals surface area contributed by atoms with E-state index in [1.165, 1.54) is 18.3 Å². The Balaban J connectivity index is 2.99. The van der Waals surface area contributed by atoms with Gasteiger partial charge in [-0.15, -0.1) is 0 Å². The van der Waals surface area contributed by atoms with Crippen molar-refractivity contribution in [1.29, 1.82) is 0 Å². The van der Waals surface area contributed by atoms with Crippen LogP contribution in [0.15, 0.2) is 29.2 Å². The van der Waals surface area contributed by atoms with Crippen LogP contribution < -0.4 is 5.56 Å². The molecule has 0 spiro atoms. The molecule has 0 aliphatic heterocycles. The van der Waals surface area contributed by atoms with Crippen LogP contribution in [0.1, 0.15) is 0 Å². The van der Waals surface area contributed by atoms with Gasteiger partial charge in [-0.05, 0) is 0 Å². The number of aromatic nitrogens is 2. The molecule has 0 amide bonds. The summed E-state index contributed by atoms with van der Waals surface area (Å²) in [5, 5.41) is 16.8. The van der Waals surface area contributed by atoms with Gasteiger partial charge >= 0.3 is 0 Å². The Morgan fingerprint density at radius 3 is 2.93 bits per heavy atom. The van der Waals surface area contributed by atoms with Crippen LogP contribution in [-0.4, -0.2) is 15.1 Å². The van der Waals surface area contributed by atoms with Gasteiger partial charge in [-0.25, -0.2) is 5.10 Å². The van der Waals surface area contributed by atoms with Gasteiger partial charge in [0.2, 0.25) is 0 Å². The van der Waals surface area contributed by atoms with Gasteiger partial charge in [0.25, 0.3) is 11.2 Å². The second-order valence-corrected chi connectivity index (χ2v) is 2.70. The first-order valence-electron chi connectivity index (χ1n) is 3.81. The van der Waals surface area contributed by atoms with Crippen molar-refractivity contribution in [2.45, 2.75) is 0 Å². The Bertz CT molecular complexity index is 556. The summed E-state index contributed by atoms with van der Waals surface area (Å²) in [6.07, 6.45) is 1.38. The summed E-state index contributed by atoms with van der Waals surface area (Å²) in [5.41, 5.74) is -0.749. The molecule has 70 valence electrons. The molecule has 1 aromatic heterocycles. The summed E-state index contributed by atoms with van der Waals surface area (Å²) in [6, 6.07) is 4.41. The number of benzene rings is 1. The number of hydrogen-bond donors (Lipinski definition) is 1. The zero-order valence-electron chi connectivity index (χ0n) is 6.93. The molecule has 0 saturated heterocycles. The Labute approximate surface area is 77.3 Å². The third-order valence-electron chi connectivity index (χ3n) is 1.87. The largest absolute Gasteiger partial charge is 0.282 e.